The number of para-hydroxylation sites is 2. The lowest BCUT2D eigenvalue weighted by Crippen LogP contribution is -2.24. The molecule has 0 saturated heterocycles. The van der Waals surface area contributed by atoms with Crippen molar-refractivity contribution in [1.29, 1.82) is 0 Å². The maximum absolute atomic E-state index is 13.4. The number of hydrogen-bond acceptors (Lipinski definition) is 5. The molecule has 1 amide bonds. The van der Waals surface area contributed by atoms with Crippen LogP contribution in [-0.2, 0) is 4.79 Å². The van der Waals surface area contributed by atoms with Crippen LogP contribution >= 0.6 is 0 Å². The molecule has 0 bridgehead atoms. The summed E-state index contributed by atoms with van der Waals surface area (Å²) in [7, 11) is 3.04. The highest BCUT2D eigenvalue weighted by atomic mass is 19.1. The zero-order chi connectivity index (χ0) is 17.4. The molecular weight excluding hydrogens is 315 g/mol. The van der Waals surface area contributed by atoms with Crippen LogP contribution in [0.5, 0.6) is 17.2 Å². The Morgan fingerprint density at radius 3 is 2.58 bits per heavy atom. The Balaban J connectivity index is 1.92. The lowest BCUT2D eigenvalue weighted by Gasteiger charge is -2.09. The van der Waals surface area contributed by atoms with Gasteiger partial charge in [-0.15, -0.1) is 0 Å². The van der Waals surface area contributed by atoms with Gasteiger partial charge in [-0.05, 0) is 24.3 Å². The van der Waals surface area contributed by atoms with Crippen LogP contribution in [0.2, 0.25) is 0 Å². The molecule has 6 nitrogen and oxygen atoms in total. The molecule has 0 aliphatic rings. The van der Waals surface area contributed by atoms with Crippen molar-refractivity contribution < 1.29 is 23.4 Å². The number of ether oxygens (including phenoxy) is 3. The normalized spacial score (nSPS) is 10.5. The predicted octanol–water partition coefficient (Wildman–Crippen LogP) is 2.37. The molecule has 2 rings (SSSR count). The second-order valence-corrected chi connectivity index (χ2v) is 4.60. The minimum Gasteiger partial charge on any atom is -0.493 e. The molecule has 126 valence electrons. The molecule has 1 N–H and O–H groups in total. The second-order valence-electron chi connectivity index (χ2n) is 4.60. The Bertz CT molecular complexity index is 734. The summed E-state index contributed by atoms with van der Waals surface area (Å²) in [4.78, 5) is 11.7. The van der Waals surface area contributed by atoms with Gasteiger partial charge in [0.25, 0.3) is 5.91 Å². The van der Waals surface area contributed by atoms with Crippen LogP contribution in [0.4, 0.5) is 4.39 Å². The van der Waals surface area contributed by atoms with E-state index in [0.29, 0.717) is 17.1 Å². The minimum atomic E-state index is -0.532. The zero-order valence-corrected chi connectivity index (χ0v) is 13.3. The highest BCUT2D eigenvalue weighted by molar-refractivity contribution is 5.86. The lowest BCUT2D eigenvalue weighted by atomic mass is 10.2. The molecular formula is C17H17FN2O4. The van der Waals surface area contributed by atoms with E-state index in [1.54, 1.807) is 24.3 Å². The van der Waals surface area contributed by atoms with Crippen molar-refractivity contribution in [2.24, 2.45) is 5.10 Å². The molecule has 0 aromatic heterocycles. The van der Waals surface area contributed by atoms with Gasteiger partial charge in [0, 0.05) is 5.56 Å². The van der Waals surface area contributed by atoms with E-state index in [1.165, 1.54) is 38.6 Å². The van der Waals surface area contributed by atoms with Crippen molar-refractivity contribution >= 4 is 12.1 Å². The van der Waals surface area contributed by atoms with Crippen molar-refractivity contribution in [3.8, 4) is 17.2 Å². The van der Waals surface area contributed by atoms with Crippen LogP contribution in [0.3, 0.4) is 0 Å². The molecule has 7 heteroatoms. The first kappa shape index (κ1) is 17.3. The molecule has 24 heavy (non-hydrogen) atoms. The molecule has 0 saturated carbocycles. The molecule has 0 fully saturated rings. The number of halogens is 1. The largest absolute Gasteiger partial charge is 0.493 e. The van der Waals surface area contributed by atoms with Crippen molar-refractivity contribution in [2.75, 3.05) is 20.8 Å². The molecule has 0 heterocycles. The maximum Gasteiger partial charge on any atom is 0.277 e. The monoisotopic (exact) mass is 332 g/mol. The number of nitrogens with zero attached hydrogens (tertiary/aromatic N) is 1. The Kier molecular flexibility index (Phi) is 6.13. The smallest absolute Gasteiger partial charge is 0.277 e. The number of nitrogens with one attached hydrogen (secondary N) is 1. The van der Waals surface area contributed by atoms with Crippen LogP contribution in [0.1, 0.15) is 5.56 Å². The topological polar surface area (TPSA) is 69.2 Å². The van der Waals surface area contributed by atoms with Crippen molar-refractivity contribution in [1.82, 2.24) is 5.43 Å². The van der Waals surface area contributed by atoms with Gasteiger partial charge in [-0.1, -0.05) is 18.2 Å². The standard InChI is InChI=1S/C17H17FN2O4/c1-22-15-9-5-6-12(17(15)23-2)10-19-20-16(21)11-24-14-8-4-3-7-13(14)18/h3-10H,11H2,1-2H3,(H,20,21)/b19-10+. The molecule has 0 radical (unpaired) electrons. The number of methoxy groups -OCH3 is 2. The lowest BCUT2D eigenvalue weighted by molar-refractivity contribution is -0.123. The number of carbonyl (C=O) groups excluding carboxylic acids is 1. The summed E-state index contributed by atoms with van der Waals surface area (Å²) in [6, 6.07) is 11.1. The third-order valence-corrected chi connectivity index (χ3v) is 3.02. The number of rotatable bonds is 7. The fraction of sp³-hybridized carbons (Fsp3) is 0.176. The van der Waals surface area contributed by atoms with Gasteiger partial charge in [-0.25, -0.2) is 9.82 Å². The van der Waals surface area contributed by atoms with Gasteiger partial charge >= 0.3 is 0 Å². The summed E-state index contributed by atoms with van der Waals surface area (Å²) in [5.74, 6) is 0.00801. The van der Waals surface area contributed by atoms with E-state index in [4.69, 9.17) is 14.2 Å². The van der Waals surface area contributed by atoms with E-state index in [0.717, 1.165) is 0 Å². The molecule has 0 atom stereocenters. The minimum absolute atomic E-state index is 0.00564. The summed E-state index contributed by atoms with van der Waals surface area (Å²) in [5, 5.41) is 3.83. The summed E-state index contributed by atoms with van der Waals surface area (Å²) < 4.78 is 28.9. The van der Waals surface area contributed by atoms with E-state index in [-0.39, 0.29) is 12.4 Å². The number of hydrazone groups is 1. The third-order valence-electron chi connectivity index (χ3n) is 3.02. The van der Waals surface area contributed by atoms with Crippen LogP contribution in [0.25, 0.3) is 0 Å². The molecule has 0 spiro atoms. The van der Waals surface area contributed by atoms with Gasteiger partial charge < -0.3 is 14.2 Å². The van der Waals surface area contributed by atoms with E-state index in [9.17, 15) is 9.18 Å². The fourth-order valence-electron chi connectivity index (χ4n) is 1.92. The zero-order valence-electron chi connectivity index (χ0n) is 13.3. The fourth-order valence-corrected chi connectivity index (χ4v) is 1.92. The molecule has 0 aliphatic heterocycles. The molecule has 2 aromatic carbocycles. The Hall–Kier alpha value is -3.09. The van der Waals surface area contributed by atoms with Gasteiger partial charge in [0.05, 0.1) is 20.4 Å². The van der Waals surface area contributed by atoms with Crippen LogP contribution in [-0.4, -0.2) is 32.9 Å². The SMILES string of the molecule is COc1cccc(/C=N/NC(=O)COc2ccccc2F)c1OC. The number of amides is 1. The molecule has 0 unspecified atom stereocenters. The first-order valence-corrected chi connectivity index (χ1v) is 7.06. The van der Waals surface area contributed by atoms with Crippen molar-refractivity contribution in [3.05, 3.63) is 53.8 Å². The Morgan fingerprint density at radius 1 is 1.12 bits per heavy atom. The highest BCUT2D eigenvalue weighted by Gasteiger charge is 2.08. The summed E-state index contributed by atoms with van der Waals surface area (Å²) >= 11 is 0. The van der Waals surface area contributed by atoms with Gasteiger partial charge in [-0.3, -0.25) is 4.79 Å². The van der Waals surface area contributed by atoms with Crippen LogP contribution < -0.4 is 19.6 Å². The summed E-state index contributed by atoms with van der Waals surface area (Å²) in [6.45, 7) is -0.354. The highest BCUT2D eigenvalue weighted by Crippen LogP contribution is 2.29. The number of carbonyl (C=O) groups is 1. The second kappa shape index (κ2) is 8.52. The third kappa shape index (κ3) is 4.45. The summed E-state index contributed by atoms with van der Waals surface area (Å²) in [5.41, 5.74) is 2.93. The average Bonchev–Trinajstić information content (AvgIpc) is 2.60. The van der Waals surface area contributed by atoms with Gasteiger partial charge in [-0.2, -0.15) is 5.10 Å². The Labute approximate surface area is 138 Å². The van der Waals surface area contributed by atoms with Gasteiger partial charge in [0.2, 0.25) is 0 Å². The molecule has 0 aliphatic carbocycles. The van der Waals surface area contributed by atoms with Crippen molar-refractivity contribution in [2.45, 2.75) is 0 Å². The van der Waals surface area contributed by atoms with Crippen molar-refractivity contribution in [3.63, 3.8) is 0 Å². The van der Waals surface area contributed by atoms with Gasteiger partial charge in [0.1, 0.15) is 0 Å². The Morgan fingerprint density at radius 2 is 1.88 bits per heavy atom. The number of benzene rings is 2. The van der Waals surface area contributed by atoms with Crippen LogP contribution in [0, 0.1) is 5.82 Å². The predicted molar refractivity (Wildman–Crippen MR) is 87.2 cm³/mol. The van der Waals surface area contributed by atoms with Crippen LogP contribution in [0.15, 0.2) is 47.6 Å². The summed E-state index contributed by atoms with van der Waals surface area (Å²) in [6.07, 6.45) is 1.42. The average molecular weight is 332 g/mol. The quantitative estimate of drug-likeness (QED) is 0.624. The first-order valence-electron chi connectivity index (χ1n) is 7.06. The maximum atomic E-state index is 13.4. The van der Waals surface area contributed by atoms with Gasteiger partial charge in [0.15, 0.2) is 29.7 Å². The number of hydrogen-bond donors (Lipinski definition) is 1. The van der Waals surface area contributed by atoms with E-state index >= 15 is 0 Å². The van der Waals surface area contributed by atoms with E-state index in [2.05, 4.69) is 10.5 Å². The van der Waals surface area contributed by atoms with E-state index in [1.807, 2.05) is 0 Å². The van der Waals surface area contributed by atoms with E-state index < -0.39 is 11.7 Å². The first-order chi connectivity index (χ1) is 11.7. The molecule has 2 aromatic rings.